The largest absolute Gasteiger partial charge is 0.330 e. The average Bonchev–Trinajstić information content (AvgIpc) is 2.32. The first-order valence-corrected chi connectivity index (χ1v) is 6.61. The third kappa shape index (κ3) is 2.53. The van der Waals surface area contributed by atoms with Crippen LogP contribution in [0.5, 0.6) is 0 Å². The summed E-state index contributed by atoms with van der Waals surface area (Å²) in [6.07, 6.45) is 2.54. The van der Waals surface area contributed by atoms with Crippen LogP contribution in [0.25, 0.3) is 0 Å². The topological polar surface area (TPSA) is 29.3 Å². The van der Waals surface area contributed by atoms with Gasteiger partial charge in [-0.2, -0.15) is 0 Å². The summed E-state index contributed by atoms with van der Waals surface area (Å²) in [4.78, 5) is 2.48. The Morgan fingerprint density at radius 3 is 2.82 bits per heavy atom. The molecule has 2 heteroatoms. The molecule has 17 heavy (non-hydrogen) atoms. The van der Waals surface area contributed by atoms with E-state index < -0.39 is 0 Å². The van der Waals surface area contributed by atoms with Gasteiger partial charge in [-0.05, 0) is 63.9 Å². The highest BCUT2D eigenvalue weighted by molar-refractivity contribution is 5.33. The second-order valence-corrected chi connectivity index (χ2v) is 5.42. The van der Waals surface area contributed by atoms with E-state index in [4.69, 9.17) is 5.73 Å². The number of hydrogen-bond acceptors (Lipinski definition) is 2. The number of nitrogens with two attached hydrogens (primary N) is 1. The third-order valence-electron chi connectivity index (χ3n) is 4.06. The van der Waals surface area contributed by atoms with Crippen LogP contribution in [0, 0.1) is 19.8 Å². The molecule has 1 aromatic carbocycles. The van der Waals surface area contributed by atoms with Crippen molar-refractivity contribution in [2.45, 2.75) is 32.7 Å². The summed E-state index contributed by atoms with van der Waals surface area (Å²) in [6, 6.07) is 7.28. The van der Waals surface area contributed by atoms with Crippen LogP contribution in [0.1, 0.15) is 35.6 Å². The van der Waals surface area contributed by atoms with Crippen molar-refractivity contribution in [3.05, 3.63) is 34.9 Å². The number of hydrogen-bond donors (Lipinski definition) is 1. The molecule has 1 aliphatic rings. The monoisotopic (exact) mass is 232 g/mol. The van der Waals surface area contributed by atoms with E-state index in [2.05, 4.69) is 44.0 Å². The number of nitrogens with zero attached hydrogens (tertiary/aromatic N) is 1. The van der Waals surface area contributed by atoms with Crippen LogP contribution in [0.4, 0.5) is 0 Å². The van der Waals surface area contributed by atoms with Gasteiger partial charge < -0.3 is 5.73 Å². The molecule has 1 saturated heterocycles. The summed E-state index contributed by atoms with van der Waals surface area (Å²) < 4.78 is 0. The van der Waals surface area contributed by atoms with E-state index >= 15 is 0 Å². The minimum Gasteiger partial charge on any atom is -0.330 e. The summed E-state index contributed by atoms with van der Waals surface area (Å²) in [7, 11) is 2.23. The molecule has 1 aromatic rings. The standard InChI is InChI=1S/C15H24N2/c1-11-6-7-12(2)14(9-11)15-13(10-16)5-4-8-17(15)3/h6-7,9,13,15H,4-5,8,10,16H2,1-3H3. The lowest BCUT2D eigenvalue weighted by Crippen LogP contribution is -2.39. The Balaban J connectivity index is 2.37. The van der Waals surface area contributed by atoms with Crippen molar-refractivity contribution in [2.75, 3.05) is 20.1 Å². The molecular weight excluding hydrogens is 208 g/mol. The lowest BCUT2D eigenvalue weighted by atomic mass is 9.83. The van der Waals surface area contributed by atoms with Crippen LogP contribution in [0.15, 0.2) is 18.2 Å². The fourth-order valence-corrected chi connectivity index (χ4v) is 3.08. The molecular formula is C15H24N2. The molecule has 0 saturated carbocycles. The predicted octanol–water partition coefficient (Wildman–Crippen LogP) is 2.65. The molecule has 1 heterocycles. The number of benzene rings is 1. The average molecular weight is 232 g/mol. The molecule has 0 amide bonds. The first-order valence-electron chi connectivity index (χ1n) is 6.61. The van der Waals surface area contributed by atoms with E-state index in [0.29, 0.717) is 12.0 Å². The van der Waals surface area contributed by atoms with Gasteiger partial charge in [0, 0.05) is 6.04 Å². The Morgan fingerprint density at radius 1 is 1.35 bits per heavy atom. The Labute approximate surface area is 105 Å². The Bertz CT molecular complexity index is 387. The second-order valence-electron chi connectivity index (χ2n) is 5.42. The summed E-state index contributed by atoms with van der Waals surface area (Å²) >= 11 is 0. The van der Waals surface area contributed by atoms with E-state index in [1.165, 1.54) is 36.1 Å². The van der Waals surface area contributed by atoms with Gasteiger partial charge in [-0.1, -0.05) is 23.8 Å². The van der Waals surface area contributed by atoms with Crippen molar-refractivity contribution in [3.63, 3.8) is 0 Å². The maximum Gasteiger partial charge on any atom is 0.0388 e. The minimum absolute atomic E-state index is 0.508. The van der Waals surface area contributed by atoms with Crippen molar-refractivity contribution >= 4 is 0 Å². The molecule has 1 aliphatic heterocycles. The van der Waals surface area contributed by atoms with Crippen LogP contribution in [0.2, 0.25) is 0 Å². The van der Waals surface area contributed by atoms with E-state index in [1.807, 2.05) is 0 Å². The molecule has 2 unspecified atom stereocenters. The molecule has 0 aromatic heterocycles. The van der Waals surface area contributed by atoms with Crippen LogP contribution < -0.4 is 5.73 Å². The van der Waals surface area contributed by atoms with Gasteiger partial charge in [0.15, 0.2) is 0 Å². The maximum absolute atomic E-state index is 5.95. The molecule has 94 valence electrons. The zero-order valence-electron chi connectivity index (χ0n) is 11.2. The lowest BCUT2D eigenvalue weighted by molar-refractivity contribution is 0.125. The van der Waals surface area contributed by atoms with Crippen molar-refractivity contribution in [2.24, 2.45) is 11.7 Å². The Kier molecular flexibility index (Phi) is 3.85. The molecule has 2 N–H and O–H groups in total. The number of aryl methyl sites for hydroxylation is 2. The van der Waals surface area contributed by atoms with Crippen molar-refractivity contribution in [1.29, 1.82) is 0 Å². The van der Waals surface area contributed by atoms with Crippen LogP contribution in [-0.4, -0.2) is 25.0 Å². The van der Waals surface area contributed by atoms with Gasteiger partial charge in [0.05, 0.1) is 0 Å². The molecule has 2 nitrogen and oxygen atoms in total. The summed E-state index contributed by atoms with van der Waals surface area (Å²) in [5.41, 5.74) is 10.2. The van der Waals surface area contributed by atoms with Crippen molar-refractivity contribution < 1.29 is 0 Å². The molecule has 1 fully saturated rings. The van der Waals surface area contributed by atoms with Crippen molar-refractivity contribution in [1.82, 2.24) is 4.90 Å². The Hall–Kier alpha value is -0.860. The first kappa shape index (κ1) is 12.6. The number of likely N-dealkylation sites (tertiary alicyclic amines) is 1. The zero-order valence-corrected chi connectivity index (χ0v) is 11.2. The SMILES string of the molecule is Cc1ccc(C)c(C2C(CN)CCCN2C)c1. The van der Waals surface area contributed by atoms with Gasteiger partial charge in [-0.3, -0.25) is 4.90 Å². The van der Waals surface area contributed by atoms with Gasteiger partial charge in [0.25, 0.3) is 0 Å². The van der Waals surface area contributed by atoms with E-state index in [9.17, 15) is 0 Å². The van der Waals surface area contributed by atoms with Gasteiger partial charge in [0.2, 0.25) is 0 Å². The van der Waals surface area contributed by atoms with Crippen LogP contribution in [0.3, 0.4) is 0 Å². The van der Waals surface area contributed by atoms with Gasteiger partial charge in [0.1, 0.15) is 0 Å². The molecule has 0 aliphatic carbocycles. The predicted molar refractivity (Wildman–Crippen MR) is 73.1 cm³/mol. The second kappa shape index (κ2) is 5.19. The van der Waals surface area contributed by atoms with Gasteiger partial charge in [-0.25, -0.2) is 0 Å². The zero-order chi connectivity index (χ0) is 12.4. The molecule has 2 rings (SSSR count). The number of rotatable bonds is 2. The lowest BCUT2D eigenvalue weighted by Gasteiger charge is -2.40. The molecule has 0 spiro atoms. The summed E-state index contributed by atoms with van der Waals surface area (Å²) in [5.74, 6) is 0.606. The summed E-state index contributed by atoms with van der Waals surface area (Å²) in [6.45, 7) is 6.37. The highest BCUT2D eigenvalue weighted by Crippen LogP contribution is 2.36. The fourth-order valence-electron chi connectivity index (χ4n) is 3.08. The normalized spacial score (nSPS) is 26.1. The van der Waals surface area contributed by atoms with E-state index in [-0.39, 0.29) is 0 Å². The quantitative estimate of drug-likeness (QED) is 0.849. The Morgan fingerprint density at radius 2 is 2.12 bits per heavy atom. The number of piperidine rings is 1. The van der Waals surface area contributed by atoms with Crippen LogP contribution >= 0.6 is 0 Å². The molecule has 2 atom stereocenters. The minimum atomic E-state index is 0.508. The molecule has 0 bridgehead atoms. The molecule has 0 radical (unpaired) electrons. The van der Waals surface area contributed by atoms with Gasteiger partial charge in [-0.15, -0.1) is 0 Å². The highest BCUT2D eigenvalue weighted by Gasteiger charge is 2.30. The smallest absolute Gasteiger partial charge is 0.0388 e. The van der Waals surface area contributed by atoms with Crippen LogP contribution in [-0.2, 0) is 0 Å². The summed E-state index contributed by atoms with van der Waals surface area (Å²) in [5, 5.41) is 0. The van der Waals surface area contributed by atoms with E-state index in [0.717, 1.165) is 6.54 Å². The highest BCUT2D eigenvalue weighted by atomic mass is 15.1. The third-order valence-corrected chi connectivity index (χ3v) is 4.06. The van der Waals surface area contributed by atoms with E-state index in [1.54, 1.807) is 0 Å². The first-order chi connectivity index (χ1) is 8.13. The maximum atomic E-state index is 5.95. The van der Waals surface area contributed by atoms with Crippen molar-refractivity contribution in [3.8, 4) is 0 Å². The van der Waals surface area contributed by atoms with Gasteiger partial charge >= 0.3 is 0 Å². The fraction of sp³-hybridized carbons (Fsp3) is 0.600.